The molecule has 0 saturated carbocycles. The van der Waals surface area contributed by atoms with Gasteiger partial charge in [0.2, 0.25) is 0 Å². The highest BCUT2D eigenvalue weighted by molar-refractivity contribution is 7.90. The summed E-state index contributed by atoms with van der Waals surface area (Å²) in [5.41, 5.74) is -0.566. The maximum absolute atomic E-state index is 12.9. The largest absolute Gasteiger partial charge is 0.272 e. The number of rotatable bonds is 3. The van der Waals surface area contributed by atoms with Crippen molar-refractivity contribution in [3.05, 3.63) is 28.8 Å². The van der Waals surface area contributed by atoms with Crippen LogP contribution in [0.3, 0.4) is 0 Å². The fraction of sp³-hybridized carbons (Fsp3) is 0.467. The van der Waals surface area contributed by atoms with Crippen LogP contribution in [0.2, 0.25) is 5.02 Å². The Morgan fingerprint density at radius 2 is 1.86 bits per heavy atom. The molecule has 5 nitrogen and oxygen atoms in total. The fourth-order valence-electron chi connectivity index (χ4n) is 2.44. The molecule has 7 heteroatoms. The van der Waals surface area contributed by atoms with Crippen molar-refractivity contribution in [2.45, 2.75) is 45.1 Å². The van der Waals surface area contributed by atoms with Gasteiger partial charge in [-0.2, -0.15) is 4.31 Å². The molecule has 2 rings (SSSR count). The van der Waals surface area contributed by atoms with Crippen molar-refractivity contribution in [1.29, 1.82) is 0 Å². The van der Waals surface area contributed by atoms with Crippen molar-refractivity contribution >= 4 is 33.4 Å². The molecule has 120 valence electrons. The molecule has 1 heterocycles. The lowest BCUT2D eigenvalue weighted by atomic mass is 9.89. The van der Waals surface area contributed by atoms with E-state index < -0.39 is 21.5 Å². The summed E-state index contributed by atoms with van der Waals surface area (Å²) in [6, 6.07) is 4.47. The molecular formula is C15H19ClN2O3S. The van der Waals surface area contributed by atoms with Crippen molar-refractivity contribution in [2.75, 3.05) is 0 Å². The van der Waals surface area contributed by atoms with Gasteiger partial charge in [0.1, 0.15) is 11.4 Å². The van der Waals surface area contributed by atoms with Crippen LogP contribution in [0.5, 0.6) is 0 Å². The number of amides is 1. The number of aliphatic imine (C=N–C) groups is 1. The summed E-state index contributed by atoms with van der Waals surface area (Å²) in [6.45, 7) is 8.53. The van der Waals surface area contributed by atoms with E-state index >= 15 is 0 Å². The highest BCUT2D eigenvalue weighted by Gasteiger charge is 2.50. The smallest absolute Gasteiger partial charge is 0.271 e. The predicted molar refractivity (Wildman–Crippen MR) is 86.6 cm³/mol. The Morgan fingerprint density at radius 3 is 2.32 bits per heavy atom. The lowest BCUT2D eigenvalue weighted by Gasteiger charge is -2.25. The molecule has 0 N–H and O–H groups in total. The first-order valence-corrected chi connectivity index (χ1v) is 8.76. The maximum atomic E-state index is 12.9. The van der Waals surface area contributed by atoms with Crippen LogP contribution in [0.4, 0.5) is 0 Å². The van der Waals surface area contributed by atoms with E-state index in [9.17, 15) is 13.2 Å². The second-order valence-corrected chi connectivity index (χ2v) is 8.14. The van der Waals surface area contributed by atoms with E-state index in [4.69, 9.17) is 11.6 Å². The second kappa shape index (κ2) is 5.35. The Hall–Kier alpha value is -1.40. The van der Waals surface area contributed by atoms with Gasteiger partial charge in [0.05, 0.1) is 4.90 Å². The first-order chi connectivity index (χ1) is 10.0. The van der Waals surface area contributed by atoms with Crippen LogP contribution >= 0.6 is 11.6 Å². The third kappa shape index (κ3) is 2.44. The van der Waals surface area contributed by atoms with Crippen LogP contribution in [-0.2, 0) is 14.8 Å². The van der Waals surface area contributed by atoms with Crippen LogP contribution < -0.4 is 0 Å². The monoisotopic (exact) mass is 342 g/mol. The zero-order chi connectivity index (χ0) is 16.9. The SMILES string of the molecule is CC1=NC(C)(C(C)C)C(=O)N1S(=O)(=O)c1ccc(Cl)cc1C. The van der Waals surface area contributed by atoms with Crippen LogP contribution in [0.15, 0.2) is 28.1 Å². The number of benzene rings is 1. The molecule has 1 aliphatic heterocycles. The normalized spacial score (nSPS) is 22.4. The Balaban J connectivity index is 2.56. The Bertz CT molecular complexity index is 771. The summed E-state index contributed by atoms with van der Waals surface area (Å²) in [5.74, 6) is -0.439. The molecule has 0 bridgehead atoms. The molecule has 1 aliphatic rings. The van der Waals surface area contributed by atoms with E-state index in [0.29, 0.717) is 10.6 Å². The quantitative estimate of drug-likeness (QED) is 0.848. The fourth-order valence-corrected chi connectivity index (χ4v) is 4.36. The molecule has 1 aromatic carbocycles. The third-order valence-electron chi connectivity index (χ3n) is 4.08. The van der Waals surface area contributed by atoms with Crippen LogP contribution in [0.25, 0.3) is 0 Å². The number of halogens is 1. The average Bonchev–Trinajstić information content (AvgIpc) is 2.60. The van der Waals surface area contributed by atoms with E-state index in [1.807, 2.05) is 13.8 Å². The molecule has 0 spiro atoms. The van der Waals surface area contributed by atoms with Crippen molar-refractivity contribution in [2.24, 2.45) is 10.9 Å². The number of aryl methyl sites for hydroxylation is 1. The minimum atomic E-state index is -3.99. The summed E-state index contributed by atoms with van der Waals surface area (Å²) in [6.07, 6.45) is 0. The molecule has 0 saturated heterocycles. The van der Waals surface area contributed by atoms with Crippen LogP contribution in [0.1, 0.15) is 33.3 Å². The third-order valence-corrected chi connectivity index (χ3v) is 6.24. The van der Waals surface area contributed by atoms with Gasteiger partial charge in [-0.05, 0) is 50.5 Å². The molecule has 0 aliphatic carbocycles. The van der Waals surface area contributed by atoms with E-state index in [0.717, 1.165) is 4.31 Å². The lowest BCUT2D eigenvalue weighted by Crippen LogP contribution is -2.46. The first kappa shape index (κ1) is 17.0. The number of amidine groups is 1. The lowest BCUT2D eigenvalue weighted by molar-refractivity contribution is -0.128. The van der Waals surface area contributed by atoms with Gasteiger partial charge in [0.15, 0.2) is 0 Å². The van der Waals surface area contributed by atoms with Gasteiger partial charge in [-0.15, -0.1) is 0 Å². The highest BCUT2D eigenvalue weighted by atomic mass is 35.5. The van der Waals surface area contributed by atoms with Crippen molar-refractivity contribution < 1.29 is 13.2 Å². The Labute approximate surface area is 136 Å². The predicted octanol–water partition coefficient (Wildman–Crippen LogP) is 3.01. The molecule has 22 heavy (non-hydrogen) atoms. The summed E-state index contributed by atoms with van der Waals surface area (Å²) in [7, 11) is -3.99. The number of nitrogens with zero attached hydrogens (tertiary/aromatic N) is 2. The average molecular weight is 343 g/mol. The van der Waals surface area contributed by atoms with Gasteiger partial charge < -0.3 is 0 Å². The number of carbonyl (C=O) groups excluding carboxylic acids is 1. The van der Waals surface area contributed by atoms with Gasteiger partial charge in [0, 0.05) is 5.02 Å². The summed E-state index contributed by atoms with van der Waals surface area (Å²) in [4.78, 5) is 17.1. The van der Waals surface area contributed by atoms with Crippen LogP contribution in [-0.4, -0.2) is 30.0 Å². The molecule has 1 amide bonds. The summed E-state index contributed by atoms with van der Waals surface area (Å²) < 4.78 is 26.6. The van der Waals surface area contributed by atoms with E-state index in [1.54, 1.807) is 19.9 Å². The molecule has 1 atom stereocenters. The summed E-state index contributed by atoms with van der Waals surface area (Å²) in [5, 5.41) is 0.446. The minimum absolute atomic E-state index is 0.0628. The van der Waals surface area contributed by atoms with Gasteiger partial charge in [-0.3, -0.25) is 9.79 Å². The van der Waals surface area contributed by atoms with Crippen molar-refractivity contribution in [1.82, 2.24) is 4.31 Å². The van der Waals surface area contributed by atoms with Gasteiger partial charge >= 0.3 is 0 Å². The highest BCUT2D eigenvalue weighted by Crippen LogP contribution is 2.34. The Kier molecular flexibility index (Phi) is 4.13. The van der Waals surface area contributed by atoms with Gasteiger partial charge in [-0.25, -0.2) is 8.42 Å². The number of hydrogen-bond donors (Lipinski definition) is 0. The molecule has 1 aromatic rings. The van der Waals surface area contributed by atoms with Gasteiger partial charge in [-0.1, -0.05) is 25.4 Å². The molecule has 1 unspecified atom stereocenters. The number of hydrogen-bond acceptors (Lipinski definition) is 4. The molecular weight excluding hydrogens is 324 g/mol. The zero-order valence-electron chi connectivity index (χ0n) is 13.2. The minimum Gasteiger partial charge on any atom is -0.271 e. The first-order valence-electron chi connectivity index (χ1n) is 6.94. The molecule has 0 fully saturated rings. The van der Waals surface area contributed by atoms with Crippen molar-refractivity contribution in [3.8, 4) is 0 Å². The maximum Gasteiger partial charge on any atom is 0.272 e. The zero-order valence-corrected chi connectivity index (χ0v) is 14.8. The number of sulfonamides is 1. The van der Waals surface area contributed by atoms with E-state index in [1.165, 1.54) is 19.1 Å². The molecule has 0 radical (unpaired) electrons. The Morgan fingerprint density at radius 1 is 1.27 bits per heavy atom. The summed E-state index contributed by atoms with van der Waals surface area (Å²) >= 11 is 5.87. The standard InChI is InChI=1S/C15H19ClN2O3S/c1-9(2)15(5)14(19)18(11(4)17-15)22(20,21)13-7-6-12(16)8-10(13)3/h6-9H,1-5H3. The van der Waals surface area contributed by atoms with Gasteiger partial charge in [0.25, 0.3) is 15.9 Å². The van der Waals surface area contributed by atoms with E-state index in [-0.39, 0.29) is 16.6 Å². The number of carbonyl (C=O) groups is 1. The van der Waals surface area contributed by atoms with Crippen molar-refractivity contribution in [3.63, 3.8) is 0 Å². The topological polar surface area (TPSA) is 66.8 Å². The van der Waals surface area contributed by atoms with Crippen LogP contribution in [0, 0.1) is 12.8 Å². The second-order valence-electron chi connectivity index (χ2n) is 5.95. The molecule has 0 aromatic heterocycles. The van der Waals surface area contributed by atoms with E-state index in [2.05, 4.69) is 4.99 Å².